The molecule has 166 valence electrons. The highest BCUT2D eigenvalue weighted by atomic mass is 19.1. The first-order valence-corrected chi connectivity index (χ1v) is 10.2. The van der Waals surface area contributed by atoms with Crippen LogP contribution in [0, 0.1) is 15.9 Å². The molecule has 3 aromatic rings. The van der Waals surface area contributed by atoms with Crippen molar-refractivity contribution in [3.63, 3.8) is 0 Å². The summed E-state index contributed by atoms with van der Waals surface area (Å²) >= 11 is 0. The molecule has 10 heteroatoms. The first-order chi connectivity index (χ1) is 15.4. The predicted molar refractivity (Wildman–Crippen MR) is 120 cm³/mol. The van der Waals surface area contributed by atoms with Gasteiger partial charge >= 0.3 is 5.69 Å². The van der Waals surface area contributed by atoms with Crippen molar-refractivity contribution < 1.29 is 14.4 Å². The number of aromatic nitrogens is 2. The first-order valence-electron chi connectivity index (χ1n) is 10.2. The molecule has 0 unspecified atom stereocenters. The van der Waals surface area contributed by atoms with Crippen molar-refractivity contribution in [3.05, 3.63) is 70.8 Å². The Bertz CT molecular complexity index is 1110. The number of nitrogens with one attached hydrogen (secondary N) is 1. The van der Waals surface area contributed by atoms with Gasteiger partial charge in [-0.3, -0.25) is 15.1 Å². The van der Waals surface area contributed by atoms with Gasteiger partial charge in [-0.05, 0) is 49.2 Å². The Hall–Kier alpha value is -3.79. The second kappa shape index (κ2) is 9.15. The molecule has 0 radical (unpaired) electrons. The monoisotopic (exact) mass is 438 g/mol. The van der Waals surface area contributed by atoms with E-state index < -0.39 is 10.7 Å². The summed E-state index contributed by atoms with van der Waals surface area (Å²) in [5.41, 5.74) is 1.39. The van der Waals surface area contributed by atoms with Crippen molar-refractivity contribution >= 4 is 34.4 Å². The van der Waals surface area contributed by atoms with E-state index in [0.29, 0.717) is 43.1 Å². The fourth-order valence-electron chi connectivity index (χ4n) is 3.65. The highest BCUT2D eigenvalue weighted by Crippen LogP contribution is 2.32. The van der Waals surface area contributed by atoms with Crippen LogP contribution in [0.3, 0.4) is 0 Å². The minimum Gasteiger partial charge on any atom is -0.393 e. The molecule has 0 amide bonds. The van der Waals surface area contributed by atoms with Gasteiger partial charge in [-0.1, -0.05) is 0 Å². The maximum absolute atomic E-state index is 14.8. The van der Waals surface area contributed by atoms with Gasteiger partial charge in [0.25, 0.3) is 0 Å². The van der Waals surface area contributed by atoms with E-state index in [2.05, 4.69) is 15.3 Å². The summed E-state index contributed by atoms with van der Waals surface area (Å²) in [5.74, 6) is 0.0500. The lowest BCUT2D eigenvalue weighted by Crippen LogP contribution is -2.36. The first kappa shape index (κ1) is 21.4. The molecule has 1 aliphatic rings. The number of nitrogens with zero attached hydrogens (tertiary/aromatic N) is 5. The molecule has 9 nitrogen and oxygen atoms in total. The number of nitro groups is 1. The Morgan fingerprint density at radius 1 is 1.19 bits per heavy atom. The van der Waals surface area contributed by atoms with Crippen molar-refractivity contribution in [2.45, 2.75) is 18.9 Å². The average Bonchev–Trinajstić information content (AvgIpc) is 2.80. The SMILES string of the molecule is CN(c1ccncc1)c1ccc([N+](=O)[O-])c(Nc2ccc(N3CCC(O)CC3)c(F)c2)n1. The average molecular weight is 438 g/mol. The molecule has 1 aromatic carbocycles. The minimum absolute atomic E-state index is 0.0154. The van der Waals surface area contributed by atoms with Gasteiger partial charge in [-0.15, -0.1) is 0 Å². The summed E-state index contributed by atoms with van der Waals surface area (Å²) in [4.78, 5) is 23.0. The van der Waals surface area contributed by atoms with Crippen LogP contribution in [0.1, 0.15) is 12.8 Å². The normalized spacial score (nSPS) is 14.3. The summed E-state index contributed by atoms with van der Waals surface area (Å²) in [6, 6.07) is 11.1. The molecule has 32 heavy (non-hydrogen) atoms. The van der Waals surface area contributed by atoms with Crippen LogP contribution >= 0.6 is 0 Å². The maximum Gasteiger partial charge on any atom is 0.311 e. The van der Waals surface area contributed by atoms with Crippen LogP contribution in [0.2, 0.25) is 0 Å². The second-order valence-corrected chi connectivity index (χ2v) is 7.57. The van der Waals surface area contributed by atoms with Crippen LogP contribution in [0.15, 0.2) is 54.9 Å². The van der Waals surface area contributed by atoms with E-state index >= 15 is 0 Å². The van der Waals surface area contributed by atoms with Crippen molar-refractivity contribution in [1.82, 2.24) is 9.97 Å². The number of pyridine rings is 2. The minimum atomic E-state index is -0.532. The van der Waals surface area contributed by atoms with Crippen LogP contribution in [0.5, 0.6) is 0 Å². The quantitative estimate of drug-likeness (QED) is 0.439. The van der Waals surface area contributed by atoms with Crippen LogP contribution in [-0.2, 0) is 0 Å². The zero-order valence-corrected chi connectivity index (χ0v) is 17.5. The predicted octanol–water partition coefficient (Wildman–Crippen LogP) is 4.00. The third kappa shape index (κ3) is 4.59. The number of aliphatic hydroxyl groups is 1. The van der Waals surface area contributed by atoms with Gasteiger partial charge in [0.2, 0.25) is 5.82 Å². The van der Waals surface area contributed by atoms with Crippen LogP contribution < -0.4 is 15.1 Å². The maximum atomic E-state index is 14.8. The number of aliphatic hydroxyl groups excluding tert-OH is 1. The fraction of sp³-hybridized carbons (Fsp3) is 0.273. The molecule has 0 saturated carbocycles. The standard InChI is InChI=1S/C22H23FN6O3/c1-27(16-6-10-24-11-7-16)21-5-4-20(29(31)32)22(26-21)25-15-2-3-19(18(23)14-15)28-12-8-17(30)9-13-28/h2-7,10-11,14,17,30H,8-9,12-13H2,1H3,(H,25,26). The van der Waals surface area contributed by atoms with Crippen molar-refractivity contribution in [3.8, 4) is 0 Å². The lowest BCUT2D eigenvalue weighted by molar-refractivity contribution is -0.384. The molecule has 1 fully saturated rings. The van der Waals surface area contributed by atoms with Crippen LogP contribution in [-0.4, -0.2) is 46.2 Å². The van der Waals surface area contributed by atoms with Gasteiger partial charge in [0, 0.05) is 50.0 Å². The summed E-state index contributed by atoms with van der Waals surface area (Å²) in [5, 5.41) is 24.1. The van der Waals surface area contributed by atoms with Crippen molar-refractivity contribution in [1.29, 1.82) is 0 Å². The second-order valence-electron chi connectivity index (χ2n) is 7.57. The van der Waals surface area contributed by atoms with E-state index in [9.17, 15) is 19.6 Å². The number of anilines is 5. The number of rotatable bonds is 6. The van der Waals surface area contributed by atoms with Gasteiger partial charge in [-0.25, -0.2) is 9.37 Å². The Kier molecular flexibility index (Phi) is 6.13. The number of benzene rings is 1. The van der Waals surface area contributed by atoms with E-state index in [1.165, 1.54) is 12.1 Å². The van der Waals surface area contributed by atoms with Gasteiger partial charge in [0.05, 0.1) is 16.7 Å². The number of piperidine rings is 1. The van der Waals surface area contributed by atoms with E-state index in [0.717, 1.165) is 5.69 Å². The number of hydrogen-bond donors (Lipinski definition) is 2. The molecule has 0 aliphatic carbocycles. The number of hydrogen-bond acceptors (Lipinski definition) is 8. The highest BCUT2D eigenvalue weighted by Gasteiger charge is 2.21. The lowest BCUT2D eigenvalue weighted by atomic mass is 10.1. The van der Waals surface area contributed by atoms with E-state index in [1.54, 1.807) is 54.7 Å². The molecule has 1 saturated heterocycles. The van der Waals surface area contributed by atoms with E-state index in [1.807, 2.05) is 4.90 Å². The highest BCUT2D eigenvalue weighted by molar-refractivity contribution is 5.71. The molecule has 3 heterocycles. The third-order valence-corrected chi connectivity index (χ3v) is 5.47. The zero-order valence-electron chi connectivity index (χ0n) is 17.5. The third-order valence-electron chi connectivity index (χ3n) is 5.47. The van der Waals surface area contributed by atoms with Crippen LogP contribution in [0.4, 0.5) is 38.8 Å². The van der Waals surface area contributed by atoms with Gasteiger partial charge in [-0.2, -0.15) is 0 Å². The largest absolute Gasteiger partial charge is 0.393 e. The van der Waals surface area contributed by atoms with Crippen molar-refractivity contribution in [2.75, 3.05) is 35.3 Å². The van der Waals surface area contributed by atoms with Crippen molar-refractivity contribution in [2.24, 2.45) is 0 Å². The smallest absolute Gasteiger partial charge is 0.311 e. The Morgan fingerprint density at radius 2 is 1.91 bits per heavy atom. The summed E-state index contributed by atoms with van der Waals surface area (Å²) in [6.45, 7) is 1.14. The van der Waals surface area contributed by atoms with Gasteiger partial charge in [0.15, 0.2) is 0 Å². The summed E-state index contributed by atoms with van der Waals surface area (Å²) in [6.07, 6.45) is 4.12. The molecule has 0 spiro atoms. The molecule has 4 rings (SSSR count). The number of halogens is 1. The zero-order chi connectivity index (χ0) is 22.7. The molecule has 2 N–H and O–H groups in total. The molecule has 1 aliphatic heterocycles. The van der Waals surface area contributed by atoms with Gasteiger partial charge in [0.1, 0.15) is 11.6 Å². The summed E-state index contributed by atoms with van der Waals surface area (Å²) in [7, 11) is 1.79. The molecule has 0 atom stereocenters. The Labute approximate surface area is 184 Å². The molecule has 0 bridgehead atoms. The Morgan fingerprint density at radius 3 is 2.56 bits per heavy atom. The molecule has 2 aromatic heterocycles. The van der Waals surface area contributed by atoms with E-state index in [4.69, 9.17) is 0 Å². The lowest BCUT2D eigenvalue weighted by Gasteiger charge is -2.31. The fourth-order valence-corrected chi connectivity index (χ4v) is 3.65. The van der Waals surface area contributed by atoms with E-state index in [-0.39, 0.29) is 17.6 Å². The summed E-state index contributed by atoms with van der Waals surface area (Å²) < 4.78 is 14.8. The Balaban J connectivity index is 1.60. The molecular weight excluding hydrogens is 415 g/mol. The topological polar surface area (TPSA) is 108 Å². The van der Waals surface area contributed by atoms with Gasteiger partial charge < -0.3 is 20.2 Å². The van der Waals surface area contributed by atoms with Crippen LogP contribution in [0.25, 0.3) is 0 Å². The molecular formula is C22H23FN6O3.